The van der Waals surface area contributed by atoms with E-state index in [1.54, 1.807) is 16.9 Å². The van der Waals surface area contributed by atoms with Gasteiger partial charge in [-0.3, -0.25) is 14.5 Å². The van der Waals surface area contributed by atoms with Crippen LogP contribution in [0.2, 0.25) is 18.6 Å². The van der Waals surface area contributed by atoms with Crippen molar-refractivity contribution in [1.29, 1.82) is 0 Å². The molecule has 6 rings (SSSR count). The molecule has 2 amide bonds. The highest BCUT2D eigenvalue weighted by molar-refractivity contribution is 6.71. The van der Waals surface area contributed by atoms with Crippen LogP contribution in [0.4, 0.5) is 11.4 Å². The highest BCUT2D eigenvalue weighted by atomic mass is 28.4. The molecule has 234 valence electrons. The molecule has 0 fully saturated rings. The number of rotatable bonds is 10. The van der Waals surface area contributed by atoms with Crippen LogP contribution < -0.4 is 9.64 Å². The van der Waals surface area contributed by atoms with E-state index in [0.717, 1.165) is 33.3 Å². The molecule has 2 aliphatic heterocycles. The van der Waals surface area contributed by atoms with Crippen LogP contribution in [0.25, 0.3) is 10.8 Å². The molecule has 4 aromatic carbocycles. The smallest absolute Gasteiger partial charge is 0.263 e. The normalized spacial score (nSPS) is 19.7. The van der Waals surface area contributed by atoms with Gasteiger partial charge in [-0.15, -0.1) is 0 Å². The fraction of sp³-hybridized carbons (Fsp3) is 0.333. The Morgan fingerprint density at radius 2 is 1.78 bits per heavy atom. The number of aliphatic hydroxyl groups is 1. The molecule has 4 aromatic rings. The maximum atomic E-state index is 13.7. The maximum Gasteiger partial charge on any atom is 0.263 e. The molecular formula is C36H40N2O6Si. The van der Waals surface area contributed by atoms with Crippen LogP contribution in [0.15, 0.2) is 84.9 Å². The van der Waals surface area contributed by atoms with Gasteiger partial charge in [0.05, 0.1) is 24.0 Å². The molecule has 2 aliphatic rings. The van der Waals surface area contributed by atoms with Crippen molar-refractivity contribution in [3.05, 3.63) is 102 Å². The molecule has 0 spiro atoms. The molecule has 8 nitrogen and oxygen atoms in total. The first kappa shape index (κ1) is 31.0. The predicted molar refractivity (Wildman–Crippen MR) is 177 cm³/mol. The van der Waals surface area contributed by atoms with Crippen molar-refractivity contribution in [1.82, 2.24) is 4.90 Å². The van der Waals surface area contributed by atoms with Crippen LogP contribution in [0.3, 0.4) is 0 Å². The monoisotopic (exact) mass is 624 g/mol. The number of hydrogen-bond donors (Lipinski definition) is 2. The summed E-state index contributed by atoms with van der Waals surface area (Å²) in [4.78, 5) is 42.3. The fourth-order valence-corrected chi connectivity index (χ4v) is 8.83. The van der Waals surface area contributed by atoms with Crippen molar-refractivity contribution in [2.45, 2.75) is 50.7 Å². The third-order valence-electron chi connectivity index (χ3n) is 9.27. The number of methoxy groups -OCH3 is 1. The Bertz CT molecular complexity index is 1720. The van der Waals surface area contributed by atoms with Crippen LogP contribution >= 0.6 is 0 Å². The minimum atomic E-state index is -2.95. The van der Waals surface area contributed by atoms with Crippen molar-refractivity contribution < 1.29 is 29.0 Å². The Balaban J connectivity index is 1.30. The van der Waals surface area contributed by atoms with E-state index in [1.165, 1.54) is 0 Å². The molecule has 2 heterocycles. The summed E-state index contributed by atoms with van der Waals surface area (Å²) in [5.41, 5.74) is 3.61. The predicted octanol–water partition coefficient (Wildman–Crippen LogP) is 6.20. The van der Waals surface area contributed by atoms with E-state index in [1.807, 2.05) is 105 Å². The molecule has 4 atom stereocenters. The van der Waals surface area contributed by atoms with E-state index in [2.05, 4.69) is 0 Å². The Labute approximate surface area is 264 Å². The summed E-state index contributed by atoms with van der Waals surface area (Å²) < 4.78 is 12.7. The minimum Gasteiger partial charge on any atom is -0.490 e. The van der Waals surface area contributed by atoms with E-state index in [-0.39, 0.29) is 43.4 Å². The Morgan fingerprint density at radius 3 is 2.47 bits per heavy atom. The van der Waals surface area contributed by atoms with Crippen molar-refractivity contribution in [3.8, 4) is 5.75 Å². The van der Waals surface area contributed by atoms with Gasteiger partial charge in [0, 0.05) is 54.7 Å². The van der Waals surface area contributed by atoms with E-state index >= 15 is 0 Å². The molecule has 1 unspecified atom stereocenters. The Kier molecular flexibility index (Phi) is 8.54. The number of amides is 2. The zero-order valence-electron chi connectivity index (χ0n) is 26.1. The Morgan fingerprint density at radius 1 is 1.04 bits per heavy atom. The van der Waals surface area contributed by atoms with Crippen molar-refractivity contribution in [2.24, 2.45) is 5.92 Å². The first-order chi connectivity index (χ1) is 21.6. The largest absolute Gasteiger partial charge is 0.490 e. The van der Waals surface area contributed by atoms with Crippen molar-refractivity contribution >= 4 is 42.3 Å². The van der Waals surface area contributed by atoms with Crippen LogP contribution in [0.5, 0.6) is 5.75 Å². The van der Waals surface area contributed by atoms with Crippen LogP contribution in [0, 0.1) is 5.92 Å². The lowest BCUT2D eigenvalue weighted by atomic mass is 9.86. The summed E-state index contributed by atoms with van der Waals surface area (Å²) in [6.45, 7) is 6.13. The highest BCUT2D eigenvalue weighted by Crippen LogP contribution is 2.49. The number of benzene rings is 4. The number of hydrogen-bond acceptors (Lipinski definition) is 6. The number of carbonyl (C=O) groups excluding carboxylic acids is 2. The highest BCUT2D eigenvalue weighted by Gasteiger charge is 2.47. The third kappa shape index (κ3) is 5.77. The number of ether oxygens (including phenoxy) is 2. The van der Waals surface area contributed by atoms with Crippen molar-refractivity contribution in [2.75, 3.05) is 25.2 Å². The van der Waals surface area contributed by atoms with E-state index in [9.17, 15) is 19.5 Å². The second kappa shape index (κ2) is 12.4. The van der Waals surface area contributed by atoms with Gasteiger partial charge in [-0.25, -0.2) is 0 Å². The average molecular weight is 625 g/mol. The van der Waals surface area contributed by atoms with E-state index in [4.69, 9.17) is 9.47 Å². The number of aliphatic hydroxyl groups excluding tert-OH is 1. The van der Waals surface area contributed by atoms with Gasteiger partial charge in [-0.1, -0.05) is 61.5 Å². The Hall–Kier alpha value is -4.02. The number of fused-ring (bicyclic) bond motifs is 1. The summed E-state index contributed by atoms with van der Waals surface area (Å²) in [5.74, 6) is 0.195. The second-order valence-electron chi connectivity index (χ2n) is 12.6. The van der Waals surface area contributed by atoms with Crippen LogP contribution in [-0.2, 0) is 16.1 Å². The standard InChI is InChI=1S/C36H40N2O6Si/c1-23-34(43-2)28-20-26(38-29-15-9-13-25-12-8-14-27(33(25)29)36(38)41)16-17-30(28)44-35(23)31(45(3,4)42)21-32(40)37(18-19-39)22-24-10-6-5-7-11-24/h5-17,20,23,31,34-35,39,42H,18-19,21-22H2,1-4H3/t23-,31?,34-,35-/m0/s1. The average Bonchev–Trinajstić information content (AvgIpc) is 3.32. The van der Waals surface area contributed by atoms with Gasteiger partial charge < -0.3 is 24.3 Å². The van der Waals surface area contributed by atoms with E-state index in [0.29, 0.717) is 17.9 Å². The molecule has 0 radical (unpaired) electrons. The zero-order chi connectivity index (χ0) is 31.9. The molecule has 2 N–H and O–H groups in total. The second-order valence-corrected chi connectivity index (χ2v) is 16.7. The lowest BCUT2D eigenvalue weighted by Gasteiger charge is -2.44. The topological polar surface area (TPSA) is 99.5 Å². The lowest BCUT2D eigenvalue weighted by molar-refractivity contribution is -0.133. The third-order valence-corrected chi connectivity index (χ3v) is 11.6. The number of nitrogens with zero attached hydrogens (tertiary/aromatic N) is 2. The van der Waals surface area contributed by atoms with Gasteiger partial charge in [0.25, 0.3) is 5.91 Å². The van der Waals surface area contributed by atoms with Gasteiger partial charge in [0.1, 0.15) is 11.9 Å². The molecule has 0 saturated heterocycles. The van der Waals surface area contributed by atoms with Gasteiger partial charge >= 0.3 is 0 Å². The molecule has 0 aliphatic carbocycles. The maximum absolute atomic E-state index is 13.7. The van der Waals surface area contributed by atoms with Gasteiger partial charge in [0.15, 0.2) is 8.32 Å². The molecule has 0 saturated carbocycles. The first-order valence-electron chi connectivity index (χ1n) is 15.5. The van der Waals surface area contributed by atoms with Gasteiger partial charge in [-0.2, -0.15) is 0 Å². The lowest BCUT2D eigenvalue weighted by Crippen LogP contribution is -2.50. The van der Waals surface area contributed by atoms with Crippen molar-refractivity contribution in [3.63, 3.8) is 0 Å². The summed E-state index contributed by atoms with van der Waals surface area (Å²) in [7, 11) is -1.30. The van der Waals surface area contributed by atoms with Crippen LogP contribution in [-0.4, -0.2) is 61.3 Å². The van der Waals surface area contributed by atoms with E-state index < -0.39 is 20.0 Å². The number of anilines is 2. The summed E-state index contributed by atoms with van der Waals surface area (Å²) >= 11 is 0. The van der Waals surface area contributed by atoms with Crippen LogP contribution in [0.1, 0.15) is 40.9 Å². The fourth-order valence-electron chi connectivity index (χ4n) is 6.98. The SMILES string of the molecule is CO[C@@H]1c2cc(N3C(=O)c4cccc5cccc3c45)ccc2O[C@H](C(CC(=O)N(CCO)Cc2ccccc2)[Si](C)(C)O)[C@H]1C. The summed E-state index contributed by atoms with van der Waals surface area (Å²) in [6, 6.07) is 27.1. The summed E-state index contributed by atoms with van der Waals surface area (Å²) in [6.07, 6.45) is -0.782. The molecule has 9 heteroatoms. The quantitative estimate of drug-likeness (QED) is 0.204. The van der Waals surface area contributed by atoms with Gasteiger partial charge in [0.2, 0.25) is 5.91 Å². The molecule has 0 bridgehead atoms. The number of carbonyl (C=O) groups is 2. The minimum absolute atomic E-state index is 0.0760. The molecule has 0 aromatic heterocycles. The van der Waals surface area contributed by atoms with Gasteiger partial charge in [-0.05, 0) is 54.4 Å². The first-order valence-corrected chi connectivity index (χ1v) is 18.5. The molecular weight excluding hydrogens is 584 g/mol. The zero-order valence-corrected chi connectivity index (χ0v) is 27.1. The molecule has 45 heavy (non-hydrogen) atoms. The summed E-state index contributed by atoms with van der Waals surface area (Å²) in [5, 5.41) is 11.7.